The minimum atomic E-state index is -2.99. The van der Waals surface area contributed by atoms with Gasteiger partial charge in [-0.2, -0.15) is 5.10 Å². The summed E-state index contributed by atoms with van der Waals surface area (Å²) in [7, 11) is -2.99. The van der Waals surface area contributed by atoms with Gasteiger partial charge in [0.05, 0.1) is 28.8 Å². The Hall–Kier alpha value is -1.89. The number of sulfone groups is 1. The van der Waals surface area contributed by atoms with E-state index in [1.807, 2.05) is 19.1 Å². The zero-order valence-corrected chi connectivity index (χ0v) is 11.9. The van der Waals surface area contributed by atoms with Crippen molar-refractivity contribution >= 4 is 21.3 Å². The first-order valence-corrected chi connectivity index (χ1v) is 8.22. The molecule has 3 rings (SSSR count). The number of hydrogen-bond donors (Lipinski definition) is 1. The van der Waals surface area contributed by atoms with Crippen LogP contribution in [-0.4, -0.2) is 41.5 Å². The van der Waals surface area contributed by atoms with Crippen LogP contribution in [0.25, 0.3) is 5.52 Å². The summed E-state index contributed by atoms with van der Waals surface area (Å²) in [5, 5.41) is 6.90. The van der Waals surface area contributed by atoms with Gasteiger partial charge in [-0.1, -0.05) is 0 Å². The van der Waals surface area contributed by atoms with Crippen LogP contribution in [0.5, 0.6) is 0 Å². The second kappa shape index (κ2) is 4.59. The Kier molecular flexibility index (Phi) is 3.01. The molecule has 6 nitrogen and oxygen atoms in total. The first kappa shape index (κ1) is 13.1. The normalized spacial score (nSPS) is 21.1. The monoisotopic (exact) mass is 293 g/mol. The predicted molar refractivity (Wildman–Crippen MR) is 74.5 cm³/mol. The van der Waals surface area contributed by atoms with Crippen molar-refractivity contribution in [2.45, 2.75) is 19.4 Å². The number of nitrogens with one attached hydrogen (secondary N) is 1. The van der Waals surface area contributed by atoms with Gasteiger partial charge in [-0.05, 0) is 31.0 Å². The van der Waals surface area contributed by atoms with Crippen molar-refractivity contribution in [3.63, 3.8) is 0 Å². The third-order valence-electron chi connectivity index (χ3n) is 3.49. The zero-order chi connectivity index (χ0) is 14.3. The Bertz CT molecular complexity index is 779. The summed E-state index contributed by atoms with van der Waals surface area (Å²) in [6.45, 7) is 1.94. The molecule has 1 saturated heterocycles. The van der Waals surface area contributed by atoms with Crippen molar-refractivity contribution in [3.05, 3.63) is 35.7 Å². The summed E-state index contributed by atoms with van der Waals surface area (Å²) >= 11 is 0. The van der Waals surface area contributed by atoms with E-state index in [1.165, 1.54) is 6.20 Å². The number of rotatable bonds is 2. The number of hydrogen-bond acceptors (Lipinski definition) is 4. The van der Waals surface area contributed by atoms with Gasteiger partial charge >= 0.3 is 0 Å². The molecule has 1 unspecified atom stereocenters. The SMILES string of the molecule is Cc1ccn2ncc(C(=O)NC3CCS(=O)(=O)C3)c2c1. The lowest BCUT2D eigenvalue weighted by molar-refractivity contribution is 0.0943. The third-order valence-corrected chi connectivity index (χ3v) is 5.26. The molecule has 0 bridgehead atoms. The van der Waals surface area contributed by atoms with E-state index in [0.29, 0.717) is 12.0 Å². The average molecular weight is 293 g/mol. The van der Waals surface area contributed by atoms with Crippen LogP contribution in [0.3, 0.4) is 0 Å². The van der Waals surface area contributed by atoms with E-state index in [2.05, 4.69) is 10.4 Å². The summed E-state index contributed by atoms with van der Waals surface area (Å²) in [5.74, 6) is -0.101. The van der Waals surface area contributed by atoms with E-state index >= 15 is 0 Å². The summed E-state index contributed by atoms with van der Waals surface area (Å²) in [5.41, 5.74) is 2.23. The minimum Gasteiger partial charge on any atom is -0.348 e. The van der Waals surface area contributed by atoms with E-state index in [0.717, 1.165) is 11.1 Å². The number of aromatic nitrogens is 2. The average Bonchev–Trinajstić information content (AvgIpc) is 2.92. The molecule has 1 fully saturated rings. The van der Waals surface area contributed by atoms with Gasteiger partial charge in [0.1, 0.15) is 0 Å². The van der Waals surface area contributed by atoms with Crippen molar-refractivity contribution < 1.29 is 13.2 Å². The Morgan fingerprint density at radius 1 is 1.50 bits per heavy atom. The van der Waals surface area contributed by atoms with Crippen LogP contribution in [0.15, 0.2) is 24.5 Å². The molecule has 0 aromatic carbocycles. The summed E-state index contributed by atoms with van der Waals surface area (Å²) in [6.07, 6.45) is 3.78. The smallest absolute Gasteiger partial charge is 0.255 e. The fourth-order valence-corrected chi connectivity index (χ4v) is 4.11. The molecule has 1 N–H and O–H groups in total. The topological polar surface area (TPSA) is 80.5 Å². The zero-order valence-electron chi connectivity index (χ0n) is 11.0. The predicted octanol–water partition coefficient (Wildman–Crippen LogP) is 0.560. The van der Waals surface area contributed by atoms with Gasteiger partial charge < -0.3 is 5.32 Å². The molecular weight excluding hydrogens is 278 g/mol. The highest BCUT2D eigenvalue weighted by Crippen LogP contribution is 2.15. The lowest BCUT2D eigenvalue weighted by Gasteiger charge is -2.09. The molecule has 1 amide bonds. The number of carbonyl (C=O) groups is 1. The third kappa shape index (κ3) is 2.40. The molecule has 106 valence electrons. The highest BCUT2D eigenvalue weighted by molar-refractivity contribution is 7.91. The van der Waals surface area contributed by atoms with Gasteiger partial charge in [0, 0.05) is 12.2 Å². The van der Waals surface area contributed by atoms with E-state index in [-0.39, 0.29) is 23.5 Å². The molecule has 0 saturated carbocycles. The first-order chi connectivity index (χ1) is 9.44. The molecule has 0 radical (unpaired) electrons. The van der Waals surface area contributed by atoms with Crippen LogP contribution >= 0.6 is 0 Å². The van der Waals surface area contributed by atoms with Crippen LogP contribution < -0.4 is 5.32 Å². The fourth-order valence-electron chi connectivity index (χ4n) is 2.43. The van der Waals surface area contributed by atoms with E-state index in [9.17, 15) is 13.2 Å². The van der Waals surface area contributed by atoms with Crippen LogP contribution in [0.2, 0.25) is 0 Å². The number of aryl methyl sites for hydroxylation is 1. The maximum atomic E-state index is 12.2. The van der Waals surface area contributed by atoms with E-state index < -0.39 is 9.84 Å². The maximum absolute atomic E-state index is 12.2. The van der Waals surface area contributed by atoms with Crippen LogP contribution in [-0.2, 0) is 9.84 Å². The summed E-state index contributed by atoms with van der Waals surface area (Å²) in [6, 6.07) is 3.49. The second-order valence-electron chi connectivity index (χ2n) is 5.17. The Labute approximate surface area is 116 Å². The number of nitrogens with zero attached hydrogens (tertiary/aromatic N) is 2. The first-order valence-electron chi connectivity index (χ1n) is 6.40. The van der Waals surface area contributed by atoms with Crippen molar-refractivity contribution in [3.8, 4) is 0 Å². The van der Waals surface area contributed by atoms with Gasteiger partial charge in [0.15, 0.2) is 9.84 Å². The van der Waals surface area contributed by atoms with Crippen molar-refractivity contribution in [2.75, 3.05) is 11.5 Å². The fraction of sp³-hybridized carbons (Fsp3) is 0.385. The Morgan fingerprint density at radius 3 is 3.00 bits per heavy atom. The molecule has 2 aromatic heterocycles. The molecule has 1 atom stereocenters. The summed E-state index contributed by atoms with van der Waals surface area (Å²) < 4.78 is 24.4. The van der Waals surface area contributed by atoms with Crippen molar-refractivity contribution in [1.82, 2.24) is 14.9 Å². The number of fused-ring (bicyclic) bond motifs is 1. The molecular formula is C13H15N3O3S. The van der Waals surface area contributed by atoms with E-state index in [1.54, 1.807) is 10.7 Å². The second-order valence-corrected chi connectivity index (χ2v) is 7.39. The Morgan fingerprint density at radius 2 is 2.30 bits per heavy atom. The lowest BCUT2D eigenvalue weighted by atomic mass is 10.2. The quantitative estimate of drug-likeness (QED) is 0.877. The number of carbonyl (C=O) groups excluding carboxylic acids is 1. The van der Waals surface area contributed by atoms with Gasteiger partial charge in [0.25, 0.3) is 5.91 Å². The number of amides is 1. The number of pyridine rings is 1. The van der Waals surface area contributed by atoms with Gasteiger partial charge in [-0.3, -0.25) is 4.79 Å². The highest BCUT2D eigenvalue weighted by Gasteiger charge is 2.29. The lowest BCUT2D eigenvalue weighted by Crippen LogP contribution is -2.35. The molecule has 1 aliphatic heterocycles. The Balaban J connectivity index is 1.84. The molecule has 20 heavy (non-hydrogen) atoms. The van der Waals surface area contributed by atoms with Crippen molar-refractivity contribution in [2.24, 2.45) is 0 Å². The highest BCUT2D eigenvalue weighted by atomic mass is 32.2. The maximum Gasteiger partial charge on any atom is 0.255 e. The molecule has 7 heteroatoms. The molecule has 3 heterocycles. The van der Waals surface area contributed by atoms with Crippen LogP contribution in [0, 0.1) is 6.92 Å². The molecule has 2 aromatic rings. The summed E-state index contributed by atoms with van der Waals surface area (Å²) in [4.78, 5) is 12.2. The van der Waals surface area contributed by atoms with Gasteiger partial charge in [-0.15, -0.1) is 0 Å². The minimum absolute atomic E-state index is 0.0248. The largest absolute Gasteiger partial charge is 0.348 e. The molecule has 0 aliphatic carbocycles. The van der Waals surface area contributed by atoms with Gasteiger partial charge in [-0.25, -0.2) is 12.9 Å². The van der Waals surface area contributed by atoms with Gasteiger partial charge in [0.2, 0.25) is 0 Å². The standard InChI is InChI=1S/C13H15N3O3S/c1-9-2-4-16-12(6-9)11(7-14-16)13(17)15-10-3-5-20(18,19)8-10/h2,4,6-7,10H,3,5,8H2,1H3,(H,15,17). The van der Waals surface area contributed by atoms with E-state index in [4.69, 9.17) is 0 Å². The van der Waals surface area contributed by atoms with Crippen molar-refractivity contribution in [1.29, 1.82) is 0 Å². The van der Waals surface area contributed by atoms with Crippen LogP contribution in [0.4, 0.5) is 0 Å². The van der Waals surface area contributed by atoms with Crippen LogP contribution in [0.1, 0.15) is 22.3 Å². The molecule has 1 aliphatic rings. The molecule has 0 spiro atoms.